The third kappa shape index (κ3) is 6.81. The summed E-state index contributed by atoms with van der Waals surface area (Å²) in [6.07, 6.45) is -0.687. The third-order valence-corrected chi connectivity index (χ3v) is 5.36. The summed E-state index contributed by atoms with van der Waals surface area (Å²) in [6, 6.07) is 10.7. The Balaban J connectivity index is 2.34. The molecule has 1 unspecified atom stereocenters. The van der Waals surface area contributed by atoms with Crippen LogP contribution in [0.4, 0.5) is 10.5 Å². The van der Waals surface area contributed by atoms with Crippen molar-refractivity contribution in [2.45, 2.75) is 60.1 Å². The number of ether oxygens (including phenoxy) is 1. The number of rotatable bonds is 6. The van der Waals surface area contributed by atoms with Gasteiger partial charge in [-0.3, -0.25) is 9.59 Å². The van der Waals surface area contributed by atoms with Crippen molar-refractivity contribution in [3.63, 3.8) is 0 Å². The number of hydrogen-bond acceptors (Lipinski definition) is 4. The molecule has 33 heavy (non-hydrogen) atoms. The molecule has 0 aliphatic carbocycles. The summed E-state index contributed by atoms with van der Waals surface area (Å²) in [5.74, 6) is -0.733. The fourth-order valence-corrected chi connectivity index (χ4v) is 3.69. The van der Waals surface area contributed by atoms with E-state index >= 15 is 0 Å². The van der Waals surface area contributed by atoms with Crippen LogP contribution in [0.3, 0.4) is 0 Å². The van der Waals surface area contributed by atoms with E-state index in [1.54, 1.807) is 27.8 Å². The molecule has 7 heteroatoms. The van der Waals surface area contributed by atoms with Gasteiger partial charge in [0.1, 0.15) is 18.2 Å². The molecular formula is C26H35N3O4. The molecular weight excluding hydrogens is 418 g/mol. The average molecular weight is 454 g/mol. The Morgan fingerprint density at radius 1 is 0.909 bits per heavy atom. The van der Waals surface area contributed by atoms with Crippen molar-refractivity contribution in [1.29, 1.82) is 0 Å². The van der Waals surface area contributed by atoms with Gasteiger partial charge >= 0.3 is 6.09 Å². The fourth-order valence-electron chi connectivity index (χ4n) is 3.69. The van der Waals surface area contributed by atoms with Crippen molar-refractivity contribution in [3.05, 3.63) is 64.2 Å². The lowest BCUT2D eigenvalue weighted by atomic mass is 9.94. The predicted octanol–water partition coefficient (Wildman–Crippen LogP) is 4.58. The number of anilines is 1. The Labute approximate surface area is 196 Å². The van der Waals surface area contributed by atoms with E-state index in [-0.39, 0.29) is 12.5 Å². The Kier molecular flexibility index (Phi) is 8.25. The third-order valence-electron chi connectivity index (χ3n) is 5.36. The topological polar surface area (TPSA) is 87.7 Å². The molecule has 2 aromatic rings. The smallest absolute Gasteiger partial charge is 0.408 e. The average Bonchev–Trinajstić information content (AvgIpc) is 2.70. The van der Waals surface area contributed by atoms with Gasteiger partial charge in [0.25, 0.3) is 5.91 Å². The monoisotopic (exact) mass is 453 g/mol. The lowest BCUT2D eigenvalue weighted by molar-refractivity contribution is -0.136. The van der Waals surface area contributed by atoms with E-state index in [1.807, 2.05) is 64.1 Å². The highest BCUT2D eigenvalue weighted by molar-refractivity contribution is 5.99. The molecule has 3 amide bonds. The zero-order chi connectivity index (χ0) is 24.9. The molecule has 0 heterocycles. The van der Waals surface area contributed by atoms with E-state index in [0.717, 1.165) is 33.5 Å². The lowest BCUT2D eigenvalue weighted by Crippen LogP contribution is -2.45. The van der Waals surface area contributed by atoms with Gasteiger partial charge < -0.3 is 20.3 Å². The van der Waals surface area contributed by atoms with E-state index in [4.69, 9.17) is 4.74 Å². The molecule has 0 aliphatic rings. The Bertz CT molecular complexity index is 1000. The second-order valence-electron chi connectivity index (χ2n) is 9.32. The van der Waals surface area contributed by atoms with Crippen molar-refractivity contribution < 1.29 is 19.1 Å². The van der Waals surface area contributed by atoms with Gasteiger partial charge in [0.15, 0.2) is 0 Å². The highest BCUT2D eigenvalue weighted by Crippen LogP contribution is 2.29. The molecule has 0 aliphatic heterocycles. The van der Waals surface area contributed by atoms with Gasteiger partial charge in [0, 0.05) is 12.7 Å². The zero-order valence-corrected chi connectivity index (χ0v) is 20.8. The summed E-state index contributed by atoms with van der Waals surface area (Å²) < 4.78 is 5.20. The molecule has 0 fully saturated rings. The summed E-state index contributed by atoms with van der Waals surface area (Å²) in [7, 11) is 1.57. The van der Waals surface area contributed by atoms with Gasteiger partial charge in [-0.05, 0) is 76.3 Å². The maximum Gasteiger partial charge on any atom is 0.408 e. The largest absolute Gasteiger partial charge is 0.444 e. The molecule has 7 nitrogen and oxygen atoms in total. The van der Waals surface area contributed by atoms with E-state index in [0.29, 0.717) is 0 Å². The minimum absolute atomic E-state index is 0.288. The van der Waals surface area contributed by atoms with Crippen LogP contribution in [0.25, 0.3) is 0 Å². The number of aryl methyl sites for hydroxylation is 4. The van der Waals surface area contributed by atoms with Crippen molar-refractivity contribution in [1.82, 2.24) is 10.2 Å². The summed E-state index contributed by atoms with van der Waals surface area (Å²) in [4.78, 5) is 40.0. The molecule has 0 saturated heterocycles. The number of benzene rings is 2. The first-order chi connectivity index (χ1) is 15.3. The van der Waals surface area contributed by atoms with Crippen molar-refractivity contribution in [2.24, 2.45) is 0 Å². The van der Waals surface area contributed by atoms with Crippen molar-refractivity contribution >= 4 is 23.6 Å². The van der Waals surface area contributed by atoms with Gasteiger partial charge in [0.05, 0.1) is 0 Å². The summed E-state index contributed by atoms with van der Waals surface area (Å²) >= 11 is 0. The van der Waals surface area contributed by atoms with Gasteiger partial charge in [-0.1, -0.05) is 36.4 Å². The number of hydrogen-bond donors (Lipinski definition) is 2. The molecule has 2 rings (SSSR count). The van der Waals surface area contributed by atoms with Gasteiger partial charge in [-0.15, -0.1) is 0 Å². The molecule has 2 aromatic carbocycles. The number of alkyl carbamates (subject to hydrolysis) is 1. The van der Waals surface area contributed by atoms with E-state index in [2.05, 4.69) is 10.6 Å². The van der Waals surface area contributed by atoms with Gasteiger partial charge in [-0.25, -0.2) is 4.79 Å². The number of amides is 3. The van der Waals surface area contributed by atoms with E-state index < -0.39 is 23.6 Å². The normalized spacial score (nSPS) is 12.0. The molecule has 2 N–H and O–H groups in total. The minimum Gasteiger partial charge on any atom is -0.444 e. The van der Waals surface area contributed by atoms with Crippen LogP contribution in [0.2, 0.25) is 0 Å². The number of nitrogens with zero attached hydrogens (tertiary/aromatic N) is 1. The van der Waals surface area contributed by atoms with Crippen LogP contribution in [0, 0.1) is 27.7 Å². The predicted molar refractivity (Wildman–Crippen MR) is 130 cm³/mol. The molecule has 0 spiro atoms. The highest BCUT2D eigenvalue weighted by Gasteiger charge is 2.32. The first-order valence-electron chi connectivity index (χ1n) is 11.0. The van der Waals surface area contributed by atoms with Crippen LogP contribution in [0.15, 0.2) is 36.4 Å². The van der Waals surface area contributed by atoms with Gasteiger partial charge in [-0.2, -0.15) is 0 Å². The SMILES string of the molecule is Cc1cccc(C)c1NC(=O)C(c1c(C)cccc1C)N(C)C(=O)CNC(=O)OC(C)(C)C. The maximum atomic E-state index is 13.6. The van der Waals surface area contributed by atoms with E-state index in [9.17, 15) is 14.4 Å². The Hall–Kier alpha value is -3.35. The summed E-state index contributed by atoms with van der Waals surface area (Å²) in [5, 5.41) is 5.50. The van der Waals surface area contributed by atoms with Crippen LogP contribution in [-0.4, -0.2) is 42.0 Å². The fraction of sp³-hybridized carbons (Fsp3) is 0.423. The number of para-hydroxylation sites is 1. The first kappa shape index (κ1) is 25.9. The number of likely N-dealkylation sites (N-methyl/N-ethyl adjacent to an activating group) is 1. The van der Waals surface area contributed by atoms with Gasteiger partial charge in [0.2, 0.25) is 5.91 Å². The Morgan fingerprint density at radius 2 is 1.39 bits per heavy atom. The number of carbonyl (C=O) groups is 3. The number of carbonyl (C=O) groups excluding carboxylic acids is 3. The standard InChI is InChI=1S/C26H35N3O4/c1-16-11-9-12-17(2)21(16)23(24(31)28-22-18(3)13-10-14-19(22)4)29(8)20(30)15-27-25(32)33-26(5,6)7/h9-14,23H,15H2,1-8H3,(H,27,32)(H,28,31). The van der Waals surface area contributed by atoms with Crippen LogP contribution in [0.5, 0.6) is 0 Å². The highest BCUT2D eigenvalue weighted by atomic mass is 16.6. The quantitative estimate of drug-likeness (QED) is 0.670. The molecule has 0 aromatic heterocycles. The zero-order valence-electron chi connectivity index (χ0n) is 20.8. The first-order valence-corrected chi connectivity index (χ1v) is 11.0. The molecule has 0 saturated carbocycles. The van der Waals surface area contributed by atoms with Crippen LogP contribution < -0.4 is 10.6 Å². The lowest BCUT2D eigenvalue weighted by Gasteiger charge is -2.30. The van der Waals surface area contributed by atoms with Crippen molar-refractivity contribution in [3.8, 4) is 0 Å². The second-order valence-corrected chi connectivity index (χ2v) is 9.32. The van der Waals surface area contributed by atoms with Crippen LogP contribution in [-0.2, 0) is 14.3 Å². The number of nitrogens with one attached hydrogen (secondary N) is 2. The minimum atomic E-state index is -0.877. The maximum absolute atomic E-state index is 13.6. The van der Waals surface area contributed by atoms with Crippen LogP contribution in [0.1, 0.15) is 54.6 Å². The van der Waals surface area contributed by atoms with Crippen LogP contribution >= 0.6 is 0 Å². The molecule has 1 atom stereocenters. The summed E-state index contributed by atoms with van der Waals surface area (Å²) in [6.45, 7) is 12.6. The van der Waals surface area contributed by atoms with Crippen molar-refractivity contribution in [2.75, 3.05) is 18.9 Å². The second kappa shape index (κ2) is 10.5. The van der Waals surface area contributed by atoms with E-state index in [1.165, 1.54) is 4.90 Å². The molecule has 0 bridgehead atoms. The molecule has 0 radical (unpaired) electrons. The Morgan fingerprint density at radius 3 is 1.88 bits per heavy atom. The summed E-state index contributed by atoms with van der Waals surface area (Å²) in [5.41, 5.74) is 4.48. The molecule has 178 valence electrons.